The second kappa shape index (κ2) is 26.3. The Morgan fingerprint density at radius 2 is 1.05 bits per heavy atom. The molecule has 2 aromatic carbocycles. The van der Waals surface area contributed by atoms with Crippen LogP contribution in [0.3, 0.4) is 0 Å². The first kappa shape index (κ1) is 58.6. The maximum Gasteiger partial charge on any atom is 0.336 e. The number of carbonyl (C=O) groups excluding carboxylic acids is 1. The number of nitrogens with two attached hydrogens (primary N) is 1. The summed E-state index contributed by atoms with van der Waals surface area (Å²) in [5, 5.41) is 14.1. The number of benzene rings is 2. The third kappa shape index (κ3) is 13.1. The molecule has 404 valence electrons. The average molecular weight is 1040 g/mol. The molecule has 0 unspecified atom stereocenters. The number of aryl methyl sites for hydroxylation is 2. The number of aromatic nitrogens is 2. The highest BCUT2D eigenvalue weighted by Gasteiger charge is 2.31. The smallest absolute Gasteiger partial charge is 0.336 e. The molecule has 2 aliphatic carbocycles. The first-order valence-corrected chi connectivity index (χ1v) is 25.5. The molecule has 0 bridgehead atoms. The number of carboxylic acids is 1. The number of nitrogens with one attached hydrogen (secondary N) is 3. The molecule has 4 aromatic heterocycles. The molecule has 1 amide bonds. The van der Waals surface area contributed by atoms with Crippen LogP contribution in [0.1, 0.15) is 120 Å². The van der Waals surface area contributed by atoms with Crippen LogP contribution in [-0.2, 0) is 13.1 Å². The van der Waals surface area contributed by atoms with Crippen molar-refractivity contribution in [2.45, 2.75) is 130 Å². The Balaban J connectivity index is 0.000000230. The van der Waals surface area contributed by atoms with Gasteiger partial charge in [0.05, 0.1) is 55.5 Å². The van der Waals surface area contributed by atoms with Crippen molar-refractivity contribution >= 4 is 57.6 Å². The summed E-state index contributed by atoms with van der Waals surface area (Å²) in [6, 6.07) is 13.3. The number of aromatic amines is 2. The Morgan fingerprint density at radius 3 is 1.45 bits per heavy atom. The Bertz CT molecular complexity index is 2960. The number of anilines is 2. The predicted molar refractivity (Wildman–Crippen MR) is 297 cm³/mol. The van der Waals surface area contributed by atoms with Gasteiger partial charge in [-0.05, 0) is 156 Å². The van der Waals surface area contributed by atoms with Crippen molar-refractivity contribution in [3.63, 3.8) is 0 Å². The van der Waals surface area contributed by atoms with Gasteiger partial charge < -0.3 is 64.0 Å². The van der Waals surface area contributed by atoms with Crippen LogP contribution in [0.4, 0.5) is 11.4 Å². The molecule has 2 aliphatic rings. The Morgan fingerprint density at radius 1 is 0.662 bits per heavy atom. The van der Waals surface area contributed by atoms with E-state index < -0.39 is 5.97 Å². The number of fused-ring (bicyclic) bond motifs is 2. The summed E-state index contributed by atoms with van der Waals surface area (Å²) in [7, 11) is 11.7. The summed E-state index contributed by atoms with van der Waals surface area (Å²) in [6.45, 7) is 13.8. The number of furan rings is 2. The first-order valence-electron chi connectivity index (χ1n) is 25.5. The van der Waals surface area contributed by atoms with Crippen molar-refractivity contribution in [2.24, 2.45) is 5.73 Å². The number of methoxy groups -OCH3 is 2. The SMILES string of the molecule is CCN(c1cc2occc2c(C(=O)NCc2c(OC)cc(C)[nH]c2=O)c1C)C1CCC(N(C)C)CC1.CCN(c1cc2occc2c(C(=O)O)c1C)C1CCC(N(C)C)CC1.COc1cc(C)[nH]c(=O)c1CN.Cl. The first-order chi connectivity index (χ1) is 34.9. The summed E-state index contributed by atoms with van der Waals surface area (Å²) in [4.78, 5) is 64.0. The van der Waals surface area contributed by atoms with Crippen molar-refractivity contribution in [3.05, 3.63) is 114 Å². The summed E-state index contributed by atoms with van der Waals surface area (Å²) < 4.78 is 21.7. The maximum absolute atomic E-state index is 13.6. The van der Waals surface area contributed by atoms with E-state index in [1.807, 2.05) is 26.0 Å². The second-order valence-corrected chi connectivity index (χ2v) is 19.7. The normalized spacial score (nSPS) is 17.4. The van der Waals surface area contributed by atoms with Crippen LogP contribution in [0.2, 0.25) is 0 Å². The molecular formula is C56H79ClN8O9. The summed E-state index contributed by atoms with van der Waals surface area (Å²) in [5.74, 6) is -0.118. The van der Waals surface area contributed by atoms with Crippen molar-refractivity contribution < 1.29 is 33.0 Å². The van der Waals surface area contributed by atoms with E-state index in [9.17, 15) is 24.3 Å². The van der Waals surface area contributed by atoms with Gasteiger partial charge in [0, 0.05) is 89.5 Å². The summed E-state index contributed by atoms with van der Waals surface area (Å²) >= 11 is 0. The largest absolute Gasteiger partial charge is 0.496 e. The van der Waals surface area contributed by atoms with Crippen molar-refractivity contribution in [2.75, 3.05) is 65.3 Å². The molecule has 0 aliphatic heterocycles. The van der Waals surface area contributed by atoms with E-state index in [4.69, 9.17) is 24.0 Å². The van der Waals surface area contributed by atoms with E-state index in [1.54, 1.807) is 44.6 Å². The van der Waals surface area contributed by atoms with Gasteiger partial charge in [-0.3, -0.25) is 14.4 Å². The number of carbonyl (C=O) groups is 2. The molecule has 0 spiro atoms. The molecule has 0 atom stereocenters. The number of aromatic carboxylic acids is 1. The van der Waals surface area contributed by atoms with Gasteiger partial charge in [-0.2, -0.15) is 0 Å². The van der Waals surface area contributed by atoms with E-state index in [0.717, 1.165) is 85.2 Å². The fourth-order valence-corrected chi connectivity index (χ4v) is 10.9. The summed E-state index contributed by atoms with van der Waals surface area (Å²) in [6.07, 6.45) is 12.4. The van der Waals surface area contributed by atoms with Crippen LogP contribution in [0.25, 0.3) is 21.9 Å². The molecule has 6 N–H and O–H groups in total. The Labute approximate surface area is 441 Å². The van der Waals surface area contributed by atoms with Crippen molar-refractivity contribution in [1.82, 2.24) is 25.1 Å². The topological polar surface area (TPSA) is 216 Å². The molecule has 8 rings (SSSR count). The monoisotopic (exact) mass is 1040 g/mol. The lowest BCUT2D eigenvalue weighted by molar-refractivity contribution is 0.0698. The molecule has 0 radical (unpaired) electrons. The quantitative estimate of drug-likeness (QED) is 0.0649. The van der Waals surface area contributed by atoms with Crippen molar-refractivity contribution in [3.8, 4) is 11.5 Å². The molecule has 2 fully saturated rings. The lowest BCUT2D eigenvalue weighted by Crippen LogP contribution is -2.42. The van der Waals surface area contributed by atoms with Crippen LogP contribution in [0.15, 0.2) is 67.3 Å². The van der Waals surface area contributed by atoms with Crippen molar-refractivity contribution in [1.29, 1.82) is 0 Å². The van der Waals surface area contributed by atoms with Crippen LogP contribution in [0, 0.1) is 27.7 Å². The van der Waals surface area contributed by atoms with Gasteiger partial charge in [0.2, 0.25) is 0 Å². The third-order valence-electron chi connectivity index (χ3n) is 14.9. The zero-order valence-corrected chi connectivity index (χ0v) is 46.2. The van der Waals surface area contributed by atoms with Crippen LogP contribution in [-0.4, -0.2) is 116 Å². The average Bonchev–Trinajstić information content (AvgIpc) is 4.04. The minimum atomic E-state index is -0.891. The number of amides is 1. The number of rotatable bonds is 15. The molecule has 2 saturated carbocycles. The molecule has 18 heteroatoms. The number of nitrogens with zero attached hydrogens (tertiary/aromatic N) is 4. The fraction of sp³-hybridized carbons (Fsp3) is 0.500. The maximum atomic E-state index is 13.6. The number of H-pyrrole nitrogens is 2. The lowest BCUT2D eigenvalue weighted by Gasteiger charge is -2.40. The van der Waals surface area contributed by atoms with Crippen LogP contribution in [0.5, 0.6) is 11.5 Å². The fourth-order valence-electron chi connectivity index (χ4n) is 10.9. The molecule has 6 aromatic rings. The number of ether oxygens (including phenoxy) is 2. The minimum Gasteiger partial charge on any atom is -0.496 e. The predicted octanol–water partition coefficient (Wildman–Crippen LogP) is 9.09. The Kier molecular flexibility index (Phi) is 20.8. The highest BCUT2D eigenvalue weighted by Crippen LogP contribution is 2.38. The minimum absolute atomic E-state index is 0. The second-order valence-electron chi connectivity index (χ2n) is 19.7. The van der Waals surface area contributed by atoms with E-state index in [-0.39, 0.29) is 42.5 Å². The molecule has 17 nitrogen and oxygen atoms in total. The number of hydrogen-bond acceptors (Lipinski definition) is 13. The number of carboxylic acid groups (broad SMARTS) is 1. The van der Waals surface area contributed by atoms with E-state index in [2.05, 4.69) is 83.0 Å². The lowest BCUT2D eigenvalue weighted by atomic mass is 9.88. The van der Waals surface area contributed by atoms with E-state index in [1.165, 1.54) is 27.1 Å². The van der Waals surface area contributed by atoms with Gasteiger partial charge >= 0.3 is 5.97 Å². The summed E-state index contributed by atoms with van der Waals surface area (Å²) in [5.41, 5.74) is 13.4. The van der Waals surface area contributed by atoms with E-state index >= 15 is 0 Å². The third-order valence-corrected chi connectivity index (χ3v) is 14.9. The van der Waals surface area contributed by atoms with Gasteiger partial charge in [0.1, 0.15) is 22.7 Å². The van der Waals surface area contributed by atoms with Gasteiger partial charge in [0.15, 0.2) is 0 Å². The zero-order valence-electron chi connectivity index (χ0n) is 45.4. The highest BCUT2D eigenvalue weighted by molar-refractivity contribution is 6.09. The number of hydrogen-bond donors (Lipinski definition) is 5. The number of halogens is 1. The van der Waals surface area contributed by atoms with Gasteiger partial charge in [-0.15, -0.1) is 12.4 Å². The van der Waals surface area contributed by atoms with Gasteiger partial charge in [0.25, 0.3) is 17.0 Å². The van der Waals surface area contributed by atoms with Crippen LogP contribution >= 0.6 is 12.4 Å². The molecule has 0 saturated heterocycles. The molecule has 74 heavy (non-hydrogen) atoms. The highest BCUT2D eigenvalue weighted by atomic mass is 35.5. The van der Waals surface area contributed by atoms with Gasteiger partial charge in [-0.1, -0.05) is 0 Å². The molecule has 4 heterocycles. The van der Waals surface area contributed by atoms with Gasteiger partial charge in [-0.25, -0.2) is 4.79 Å². The standard InChI is InChI=1S/C28H38N4O4.C20H28N2O3.C8H12N2O2.ClH/c1-7-32(20-10-8-19(9-11-20)31(4)5)23-15-25-21(12-13-36-25)26(18(23)3)28(34)29-16-22-24(35-6)14-17(2)30-27(22)33;1-5-22(15-8-6-14(7-9-15)21(3)4)17-12-18-16(10-11-25-18)19(13(17)2)20(23)24;1-5-3-7(12-2)6(4-9)8(11)10-5;/h12-15,19-20H,7-11,16H2,1-6H3,(H,29,34)(H,30,33);10-12,14-15H,5-9H2,1-4H3,(H,23,24);3H,4,9H2,1-2H3,(H,10,11);1H. The van der Waals surface area contributed by atoms with Crippen LogP contribution < -0.4 is 41.4 Å². The molecular weight excluding hydrogens is 964 g/mol. The number of pyridine rings is 2. The van der Waals surface area contributed by atoms with E-state index in [0.29, 0.717) is 80.2 Å². The zero-order chi connectivity index (χ0) is 53.3. The Hall–Kier alpha value is -6.27.